The smallest absolute Gasteiger partial charge is 0.343 e. The molecule has 1 aliphatic rings. The standard InChI is InChI=1S/C21H32O7/c1-2-3-4-5-6-7-8-9-14-10-12-15(13-11-14)27-21(26)19-17(23)16(22)18(24)20(25)28-19/h10-13,16-20,22-25H,2-9H2,1H3/t16-,17-,18+,19-,20+/m0/s1. The molecule has 1 fully saturated rings. The molecule has 0 bridgehead atoms. The summed E-state index contributed by atoms with van der Waals surface area (Å²) in [5, 5.41) is 38.5. The molecule has 4 N–H and O–H groups in total. The molecule has 0 radical (unpaired) electrons. The minimum Gasteiger partial charge on any atom is -0.425 e. The van der Waals surface area contributed by atoms with Gasteiger partial charge in [0.05, 0.1) is 0 Å². The van der Waals surface area contributed by atoms with Gasteiger partial charge in [0.2, 0.25) is 0 Å². The number of carbonyl (C=O) groups excluding carboxylic acids is 1. The van der Waals surface area contributed by atoms with E-state index in [0.717, 1.165) is 18.4 Å². The van der Waals surface area contributed by atoms with Gasteiger partial charge in [0.1, 0.15) is 24.1 Å². The second-order valence-corrected chi connectivity index (χ2v) is 7.36. The number of aliphatic hydroxyl groups is 4. The third kappa shape index (κ3) is 6.53. The van der Waals surface area contributed by atoms with Crippen LogP contribution in [0.1, 0.15) is 57.4 Å². The van der Waals surface area contributed by atoms with Crippen LogP contribution in [0.5, 0.6) is 5.75 Å². The first kappa shape index (κ1) is 22.8. The molecule has 0 aliphatic carbocycles. The number of aliphatic hydroxyl groups excluding tert-OH is 4. The summed E-state index contributed by atoms with van der Waals surface area (Å²) in [4.78, 5) is 12.2. The second-order valence-electron chi connectivity index (χ2n) is 7.36. The minimum atomic E-state index is -1.78. The molecule has 28 heavy (non-hydrogen) atoms. The first-order valence-corrected chi connectivity index (χ1v) is 10.1. The summed E-state index contributed by atoms with van der Waals surface area (Å²) in [6, 6.07) is 7.08. The average molecular weight is 396 g/mol. The topological polar surface area (TPSA) is 116 Å². The van der Waals surface area contributed by atoms with Crippen LogP contribution in [0.15, 0.2) is 24.3 Å². The van der Waals surface area contributed by atoms with Gasteiger partial charge in [-0.15, -0.1) is 0 Å². The molecular weight excluding hydrogens is 364 g/mol. The van der Waals surface area contributed by atoms with E-state index in [2.05, 4.69) is 6.92 Å². The molecule has 1 aromatic rings. The average Bonchev–Trinajstić information content (AvgIpc) is 2.69. The van der Waals surface area contributed by atoms with Gasteiger partial charge in [-0.2, -0.15) is 0 Å². The summed E-state index contributed by atoms with van der Waals surface area (Å²) in [6.45, 7) is 2.21. The molecule has 5 atom stereocenters. The molecule has 7 heteroatoms. The van der Waals surface area contributed by atoms with Crippen LogP contribution in [0.4, 0.5) is 0 Å². The van der Waals surface area contributed by atoms with Gasteiger partial charge in [-0.1, -0.05) is 57.6 Å². The number of carbonyl (C=O) groups is 1. The summed E-state index contributed by atoms with van der Waals surface area (Å²) in [7, 11) is 0. The maximum absolute atomic E-state index is 12.2. The Morgan fingerprint density at radius 2 is 1.50 bits per heavy atom. The number of benzene rings is 1. The van der Waals surface area contributed by atoms with Crippen molar-refractivity contribution in [3.63, 3.8) is 0 Å². The van der Waals surface area contributed by atoms with Crippen molar-refractivity contribution in [1.82, 2.24) is 0 Å². The van der Waals surface area contributed by atoms with Crippen molar-refractivity contribution in [3.05, 3.63) is 29.8 Å². The molecular formula is C21H32O7. The van der Waals surface area contributed by atoms with E-state index >= 15 is 0 Å². The van der Waals surface area contributed by atoms with Gasteiger partial charge in [-0.3, -0.25) is 0 Å². The number of hydrogen-bond donors (Lipinski definition) is 4. The monoisotopic (exact) mass is 396 g/mol. The van der Waals surface area contributed by atoms with E-state index in [1.54, 1.807) is 12.1 Å². The first-order chi connectivity index (χ1) is 13.4. The number of hydrogen-bond acceptors (Lipinski definition) is 7. The summed E-state index contributed by atoms with van der Waals surface area (Å²) >= 11 is 0. The second kappa shape index (κ2) is 11.5. The molecule has 0 amide bonds. The Morgan fingerprint density at radius 3 is 2.14 bits per heavy atom. The molecule has 2 rings (SSSR count). The van der Waals surface area contributed by atoms with Gasteiger partial charge in [-0.05, 0) is 30.5 Å². The van der Waals surface area contributed by atoms with E-state index in [1.165, 1.54) is 38.5 Å². The maximum atomic E-state index is 12.2. The SMILES string of the molecule is CCCCCCCCCc1ccc(OC(=O)[C@H]2O[C@@H](O)[C@H](O)[C@@H](O)[C@@H]2O)cc1. The maximum Gasteiger partial charge on any atom is 0.343 e. The zero-order chi connectivity index (χ0) is 20.5. The Hall–Kier alpha value is -1.51. The van der Waals surface area contributed by atoms with E-state index in [9.17, 15) is 25.2 Å². The van der Waals surface area contributed by atoms with E-state index < -0.39 is 36.7 Å². The lowest BCUT2D eigenvalue weighted by atomic mass is 9.99. The van der Waals surface area contributed by atoms with Crippen molar-refractivity contribution in [3.8, 4) is 5.75 Å². The van der Waals surface area contributed by atoms with E-state index in [1.807, 2.05) is 12.1 Å². The van der Waals surface area contributed by atoms with E-state index in [4.69, 9.17) is 9.47 Å². The predicted octanol–water partition coefficient (Wildman–Crippen LogP) is 1.68. The third-order valence-corrected chi connectivity index (χ3v) is 5.03. The first-order valence-electron chi connectivity index (χ1n) is 10.1. The Labute approximate surface area is 165 Å². The molecule has 0 unspecified atom stereocenters. The van der Waals surface area contributed by atoms with Crippen LogP contribution >= 0.6 is 0 Å². The van der Waals surface area contributed by atoms with Crippen molar-refractivity contribution < 1.29 is 34.7 Å². The Balaban J connectivity index is 1.76. The summed E-state index contributed by atoms with van der Waals surface area (Å²) in [5.41, 5.74) is 1.15. The molecule has 1 saturated heterocycles. The molecule has 1 aliphatic heterocycles. The summed E-state index contributed by atoms with van der Waals surface area (Å²) in [6.07, 6.45) is 1.25. The predicted molar refractivity (Wildman–Crippen MR) is 103 cm³/mol. The Kier molecular flexibility index (Phi) is 9.34. The van der Waals surface area contributed by atoms with Gasteiger partial charge in [0.25, 0.3) is 0 Å². The fourth-order valence-electron chi connectivity index (χ4n) is 3.24. The molecule has 7 nitrogen and oxygen atoms in total. The van der Waals surface area contributed by atoms with Crippen LogP contribution in [0, 0.1) is 0 Å². The zero-order valence-electron chi connectivity index (χ0n) is 16.4. The van der Waals surface area contributed by atoms with Crippen molar-refractivity contribution in [1.29, 1.82) is 0 Å². The van der Waals surface area contributed by atoms with Gasteiger partial charge in [0, 0.05) is 0 Å². The third-order valence-electron chi connectivity index (χ3n) is 5.03. The molecule has 0 spiro atoms. The fourth-order valence-corrected chi connectivity index (χ4v) is 3.24. The lowest BCUT2D eigenvalue weighted by Gasteiger charge is -2.36. The van der Waals surface area contributed by atoms with E-state index in [0.29, 0.717) is 0 Å². The van der Waals surface area contributed by atoms with Crippen molar-refractivity contribution in [2.45, 2.75) is 89.0 Å². The van der Waals surface area contributed by atoms with Crippen molar-refractivity contribution in [2.24, 2.45) is 0 Å². The fraction of sp³-hybridized carbons (Fsp3) is 0.667. The van der Waals surface area contributed by atoms with Crippen molar-refractivity contribution >= 4 is 5.97 Å². The lowest BCUT2D eigenvalue weighted by molar-refractivity contribution is -0.279. The van der Waals surface area contributed by atoms with Gasteiger partial charge in [-0.25, -0.2) is 4.79 Å². The van der Waals surface area contributed by atoms with Gasteiger partial charge < -0.3 is 29.9 Å². The largest absolute Gasteiger partial charge is 0.425 e. The van der Waals surface area contributed by atoms with Crippen LogP contribution in [0.3, 0.4) is 0 Å². The Bertz CT molecular complexity index is 589. The van der Waals surface area contributed by atoms with Crippen molar-refractivity contribution in [2.75, 3.05) is 0 Å². The highest BCUT2D eigenvalue weighted by molar-refractivity contribution is 5.78. The van der Waals surface area contributed by atoms with Gasteiger partial charge >= 0.3 is 5.97 Å². The number of unbranched alkanes of at least 4 members (excludes halogenated alkanes) is 6. The normalized spacial score (nSPS) is 27.5. The molecule has 1 aromatic carbocycles. The van der Waals surface area contributed by atoms with Crippen LogP contribution in [-0.2, 0) is 16.0 Å². The quantitative estimate of drug-likeness (QED) is 0.270. The van der Waals surface area contributed by atoms with Crippen LogP contribution in [0.2, 0.25) is 0 Å². The highest BCUT2D eigenvalue weighted by Gasteiger charge is 2.47. The number of aryl methyl sites for hydroxylation is 1. The summed E-state index contributed by atoms with van der Waals surface area (Å²) in [5.74, 6) is -0.670. The van der Waals surface area contributed by atoms with Crippen LogP contribution in [0.25, 0.3) is 0 Å². The van der Waals surface area contributed by atoms with Crippen LogP contribution in [-0.4, -0.2) is 57.1 Å². The van der Waals surface area contributed by atoms with E-state index in [-0.39, 0.29) is 5.75 Å². The molecule has 158 valence electrons. The number of ether oxygens (including phenoxy) is 2. The highest BCUT2D eigenvalue weighted by atomic mass is 16.7. The number of esters is 1. The molecule has 0 aromatic heterocycles. The lowest BCUT2D eigenvalue weighted by Crippen LogP contribution is -2.60. The van der Waals surface area contributed by atoms with Crippen LogP contribution < -0.4 is 4.74 Å². The number of rotatable bonds is 10. The summed E-state index contributed by atoms with van der Waals surface area (Å²) < 4.78 is 10.0. The minimum absolute atomic E-state index is 0.277. The Morgan fingerprint density at radius 1 is 0.893 bits per heavy atom. The molecule has 0 saturated carbocycles. The van der Waals surface area contributed by atoms with Gasteiger partial charge in [0.15, 0.2) is 12.4 Å². The zero-order valence-corrected chi connectivity index (χ0v) is 16.4. The molecule has 1 heterocycles. The highest BCUT2D eigenvalue weighted by Crippen LogP contribution is 2.22.